The number of nitrogens with one attached hydrogen (secondary N) is 1. The summed E-state index contributed by atoms with van der Waals surface area (Å²) in [6.07, 6.45) is 4.94. The van der Waals surface area contributed by atoms with Crippen molar-refractivity contribution in [1.29, 1.82) is 0 Å². The summed E-state index contributed by atoms with van der Waals surface area (Å²) in [7, 11) is 2.02. The van der Waals surface area contributed by atoms with Crippen LogP contribution in [0.4, 0.5) is 0 Å². The highest BCUT2D eigenvalue weighted by atomic mass is 16.5. The van der Waals surface area contributed by atoms with Gasteiger partial charge in [-0.3, -0.25) is 0 Å². The Labute approximate surface area is 99.6 Å². The highest BCUT2D eigenvalue weighted by Gasteiger charge is 2.28. The largest absolute Gasteiger partial charge is 0.388 e. The van der Waals surface area contributed by atoms with Gasteiger partial charge in [0.15, 0.2) is 0 Å². The molecule has 1 unspecified atom stereocenters. The van der Waals surface area contributed by atoms with E-state index >= 15 is 0 Å². The second kappa shape index (κ2) is 5.99. The number of hydrogen-bond donors (Lipinski definition) is 2. The molecule has 0 bridgehead atoms. The van der Waals surface area contributed by atoms with Gasteiger partial charge in [0.1, 0.15) is 0 Å². The first-order valence-corrected chi connectivity index (χ1v) is 6.47. The molecule has 0 radical (unpaired) electrons. The van der Waals surface area contributed by atoms with Crippen molar-refractivity contribution in [2.24, 2.45) is 5.92 Å². The molecule has 1 rings (SSSR count). The summed E-state index contributed by atoms with van der Waals surface area (Å²) in [5, 5.41) is 13.4. The zero-order chi connectivity index (χ0) is 12.2. The van der Waals surface area contributed by atoms with E-state index in [0.29, 0.717) is 18.8 Å². The molecule has 16 heavy (non-hydrogen) atoms. The Hall–Kier alpha value is -0.120. The van der Waals surface area contributed by atoms with Crippen molar-refractivity contribution in [2.45, 2.75) is 64.2 Å². The lowest BCUT2D eigenvalue weighted by Crippen LogP contribution is -2.40. The van der Waals surface area contributed by atoms with Crippen molar-refractivity contribution in [3.63, 3.8) is 0 Å². The number of aliphatic hydroxyl groups is 1. The number of ether oxygens (including phenoxy) is 1. The van der Waals surface area contributed by atoms with Crippen molar-refractivity contribution in [2.75, 3.05) is 13.7 Å². The fourth-order valence-electron chi connectivity index (χ4n) is 1.97. The van der Waals surface area contributed by atoms with Crippen LogP contribution in [0.2, 0.25) is 0 Å². The molecule has 2 N–H and O–H groups in total. The minimum Gasteiger partial charge on any atom is -0.388 e. The lowest BCUT2D eigenvalue weighted by atomic mass is 9.91. The van der Waals surface area contributed by atoms with Gasteiger partial charge in [0.05, 0.1) is 18.3 Å². The van der Waals surface area contributed by atoms with E-state index in [1.807, 2.05) is 27.8 Å². The molecule has 3 nitrogen and oxygen atoms in total. The lowest BCUT2D eigenvalue weighted by Gasteiger charge is -2.33. The van der Waals surface area contributed by atoms with Crippen LogP contribution in [-0.4, -0.2) is 36.5 Å². The Kier molecular flexibility index (Phi) is 5.22. The summed E-state index contributed by atoms with van der Waals surface area (Å²) >= 11 is 0. The van der Waals surface area contributed by atoms with Gasteiger partial charge in [-0.1, -0.05) is 13.8 Å². The molecule has 0 spiro atoms. The highest BCUT2D eigenvalue weighted by Crippen LogP contribution is 2.23. The van der Waals surface area contributed by atoms with E-state index in [2.05, 4.69) is 5.32 Å². The van der Waals surface area contributed by atoms with Crippen molar-refractivity contribution < 1.29 is 9.84 Å². The van der Waals surface area contributed by atoms with Crippen LogP contribution in [0.1, 0.15) is 46.5 Å². The van der Waals surface area contributed by atoms with Crippen molar-refractivity contribution in [3.8, 4) is 0 Å². The topological polar surface area (TPSA) is 41.5 Å². The van der Waals surface area contributed by atoms with Crippen molar-refractivity contribution in [1.82, 2.24) is 5.32 Å². The Balaban J connectivity index is 2.24. The molecular formula is C13H27NO2. The second-order valence-corrected chi connectivity index (χ2v) is 5.59. The van der Waals surface area contributed by atoms with Gasteiger partial charge in [0.25, 0.3) is 0 Å². The molecule has 0 aliphatic heterocycles. The zero-order valence-electron chi connectivity index (χ0n) is 11.1. The average Bonchev–Trinajstić information content (AvgIpc) is 2.27. The maximum atomic E-state index is 10.1. The molecule has 1 aliphatic carbocycles. The Morgan fingerprint density at radius 2 is 1.88 bits per heavy atom. The van der Waals surface area contributed by atoms with Crippen molar-refractivity contribution in [3.05, 3.63) is 0 Å². The van der Waals surface area contributed by atoms with Gasteiger partial charge in [-0.25, -0.2) is 0 Å². The number of rotatable bonds is 5. The third-order valence-electron chi connectivity index (χ3n) is 3.94. The van der Waals surface area contributed by atoms with E-state index in [1.165, 1.54) is 12.8 Å². The van der Waals surface area contributed by atoms with E-state index in [9.17, 15) is 5.11 Å². The molecule has 0 heterocycles. The molecular weight excluding hydrogens is 202 g/mol. The molecule has 3 heteroatoms. The average molecular weight is 229 g/mol. The van der Waals surface area contributed by atoms with E-state index in [4.69, 9.17) is 4.74 Å². The molecule has 96 valence electrons. The summed E-state index contributed by atoms with van der Waals surface area (Å²) in [4.78, 5) is 0. The zero-order valence-corrected chi connectivity index (χ0v) is 11.1. The second-order valence-electron chi connectivity index (χ2n) is 5.59. The fraction of sp³-hybridized carbons (Fsp3) is 1.00. The molecule has 0 aromatic carbocycles. The summed E-state index contributed by atoms with van der Waals surface area (Å²) in [5.41, 5.74) is -0.695. The molecule has 0 aromatic rings. The van der Waals surface area contributed by atoms with Crippen LogP contribution >= 0.6 is 0 Å². The molecule has 1 atom stereocenters. The summed E-state index contributed by atoms with van der Waals surface area (Å²) in [6.45, 7) is 6.37. The molecule has 1 fully saturated rings. The maximum absolute atomic E-state index is 10.1. The minimum atomic E-state index is -0.695. The summed E-state index contributed by atoms with van der Waals surface area (Å²) < 4.78 is 5.82. The van der Waals surface area contributed by atoms with E-state index in [1.54, 1.807) is 0 Å². The normalized spacial score (nSPS) is 30.4. The van der Waals surface area contributed by atoms with Gasteiger partial charge < -0.3 is 15.2 Å². The van der Waals surface area contributed by atoms with Crippen LogP contribution in [-0.2, 0) is 4.74 Å². The fourth-order valence-corrected chi connectivity index (χ4v) is 1.97. The van der Waals surface area contributed by atoms with Gasteiger partial charge in [-0.05, 0) is 45.6 Å². The van der Waals surface area contributed by atoms with Gasteiger partial charge in [0.2, 0.25) is 0 Å². The van der Waals surface area contributed by atoms with Crippen LogP contribution in [0, 0.1) is 5.92 Å². The smallest absolute Gasteiger partial charge is 0.0875 e. The Bertz CT molecular complexity index is 196. The third-order valence-corrected chi connectivity index (χ3v) is 3.94. The van der Waals surface area contributed by atoms with Gasteiger partial charge in [-0.15, -0.1) is 0 Å². The van der Waals surface area contributed by atoms with Crippen LogP contribution < -0.4 is 5.32 Å². The first-order chi connectivity index (χ1) is 7.45. The SMILES string of the molecule is CNC1CCC(OCC(C)(O)C(C)C)CC1. The van der Waals surface area contributed by atoms with Crippen molar-refractivity contribution >= 4 is 0 Å². The summed E-state index contributed by atoms with van der Waals surface area (Å²) in [5.74, 6) is 0.237. The first-order valence-electron chi connectivity index (χ1n) is 6.47. The number of hydrogen-bond acceptors (Lipinski definition) is 3. The monoisotopic (exact) mass is 229 g/mol. The van der Waals surface area contributed by atoms with Gasteiger partial charge in [0, 0.05) is 6.04 Å². The standard InChI is InChI=1S/C13H27NO2/c1-10(2)13(3,15)9-16-12-7-5-11(14-4)6-8-12/h10-12,14-15H,5-9H2,1-4H3. The lowest BCUT2D eigenvalue weighted by molar-refractivity contribution is -0.0942. The van der Waals surface area contributed by atoms with Crippen LogP contribution in [0.25, 0.3) is 0 Å². The molecule has 0 aromatic heterocycles. The molecule has 0 amide bonds. The molecule has 1 saturated carbocycles. The van der Waals surface area contributed by atoms with Gasteiger partial charge >= 0.3 is 0 Å². The highest BCUT2D eigenvalue weighted by molar-refractivity contribution is 4.79. The Morgan fingerprint density at radius 1 is 1.31 bits per heavy atom. The first kappa shape index (κ1) is 13.9. The Morgan fingerprint density at radius 3 is 2.31 bits per heavy atom. The van der Waals surface area contributed by atoms with Crippen LogP contribution in [0.5, 0.6) is 0 Å². The van der Waals surface area contributed by atoms with E-state index < -0.39 is 5.60 Å². The predicted octanol–water partition coefficient (Wildman–Crippen LogP) is 1.94. The quantitative estimate of drug-likeness (QED) is 0.757. The molecule has 0 saturated heterocycles. The minimum absolute atomic E-state index is 0.237. The van der Waals surface area contributed by atoms with Gasteiger partial charge in [-0.2, -0.15) is 0 Å². The van der Waals surface area contributed by atoms with Crippen LogP contribution in [0.3, 0.4) is 0 Å². The maximum Gasteiger partial charge on any atom is 0.0875 e. The van der Waals surface area contributed by atoms with Crippen LogP contribution in [0.15, 0.2) is 0 Å². The predicted molar refractivity (Wildman–Crippen MR) is 66.5 cm³/mol. The third kappa shape index (κ3) is 4.04. The van der Waals surface area contributed by atoms with E-state index in [0.717, 1.165) is 12.8 Å². The molecule has 1 aliphatic rings. The summed E-state index contributed by atoms with van der Waals surface area (Å²) in [6, 6.07) is 0.658. The van der Waals surface area contributed by atoms with E-state index in [-0.39, 0.29) is 5.92 Å².